The van der Waals surface area contributed by atoms with Gasteiger partial charge in [-0.25, -0.2) is 0 Å². The number of rotatable bonds is 4. The van der Waals surface area contributed by atoms with Gasteiger partial charge in [-0.05, 0) is 31.0 Å². The minimum atomic E-state index is -3.47. The lowest BCUT2D eigenvalue weighted by atomic mass is 9.97. The predicted octanol–water partition coefficient (Wildman–Crippen LogP) is 1.51. The standard InChI is InChI=1S/C18H27ClN4O3S/c1-20(2)27(25,26)23-8-4-5-15(14-23)18(24)22-11-9-21(10-12-22)17-7-3-6-16(19)13-17/h3,6-7,13,15H,4-5,8-12,14H2,1-2H3/t15-/m1/s1. The number of piperidine rings is 1. The van der Waals surface area contributed by atoms with Gasteiger partial charge in [-0.15, -0.1) is 0 Å². The first-order valence-corrected chi connectivity index (χ1v) is 11.0. The van der Waals surface area contributed by atoms with Crippen LogP contribution in [-0.4, -0.2) is 81.2 Å². The number of benzene rings is 1. The summed E-state index contributed by atoms with van der Waals surface area (Å²) in [5.74, 6) is -0.189. The molecule has 27 heavy (non-hydrogen) atoms. The highest BCUT2D eigenvalue weighted by Gasteiger charge is 2.36. The van der Waals surface area contributed by atoms with Gasteiger partial charge in [0.1, 0.15) is 0 Å². The molecular formula is C18H27ClN4O3S. The van der Waals surface area contributed by atoms with Crippen molar-refractivity contribution in [3.8, 4) is 0 Å². The van der Waals surface area contributed by atoms with Crippen molar-refractivity contribution in [1.82, 2.24) is 13.5 Å². The van der Waals surface area contributed by atoms with Crippen molar-refractivity contribution in [2.24, 2.45) is 5.92 Å². The van der Waals surface area contributed by atoms with Gasteiger partial charge in [-0.1, -0.05) is 17.7 Å². The van der Waals surface area contributed by atoms with Gasteiger partial charge in [0.15, 0.2) is 0 Å². The number of nitrogens with zero attached hydrogens (tertiary/aromatic N) is 4. The summed E-state index contributed by atoms with van der Waals surface area (Å²) in [5.41, 5.74) is 1.07. The first-order valence-electron chi connectivity index (χ1n) is 9.26. The van der Waals surface area contributed by atoms with E-state index >= 15 is 0 Å². The molecule has 1 atom stereocenters. The van der Waals surface area contributed by atoms with E-state index in [1.54, 1.807) is 0 Å². The lowest BCUT2D eigenvalue weighted by Gasteiger charge is -2.39. The number of carbonyl (C=O) groups is 1. The molecule has 2 fully saturated rings. The molecule has 150 valence electrons. The average molecular weight is 415 g/mol. The summed E-state index contributed by atoms with van der Waals surface area (Å²) in [6, 6.07) is 7.73. The Kier molecular flexibility index (Phi) is 6.30. The Balaban J connectivity index is 1.59. The third kappa shape index (κ3) is 4.56. The smallest absolute Gasteiger partial charge is 0.281 e. The fourth-order valence-electron chi connectivity index (χ4n) is 3.70. The number of hydrogen-bond donors (Lipinski definition) is 0. The molecule has 2 heterocycles. The zero-order chi connectivity index (χ0) is 19.6. The van der Waals surface area contributed by atoms with E-state index in [0.29, 0.717) is 31.1 Å². The van der Waals surface area contributed by atoms with Gasteiger partial charge >= 0.3 is 0 Å². The summed E-state index contributed by atoms with van der Waals surface area (Å²) in [6.45, 7) is 3.53. The second-order valence-electron chi connectivity index (χ2n) is 7.28. The third-order valence-corrected chi connectivity index (χ3v) is 7.43. The van der Waals surface area contributed by atoms with Crippen LogP contribution in [0.4, 0.5) is 5.69 Å². The average Bonchev–Trinajstić information content (AvgIpc) is 2.67. The number of piperazine rings is 1. The molecule has 0 bridgehead atoms. The van der Waals surface area contributed by atoms with Crippen LogP contribution >= 0.6 is 11.6 Å². The number of halogens is 1. The fourth-order valence-corrected chi connectivity index (χ4v) is 5.08. The number of carbonyl (C=O) groups excluding carboxylic acids is 1. The Morgan fingerprint density at radius 3 is 2.48 bits per heavy atom. The highest BCUT2D eigenvalue weighted by molar-refractivity contribution is 7.86. The van der Waals surface area contributed by atoms with Crippen molar-refractivity contribution in [2.75, 3.05) is 58.3 Å². The molecule has 0 aromatic heterocycles. The van der Waals surface area contributed by atoms with Gasteiger partial charge in [0, 0.05) is 64.1 Å². The van der Waals surface area contributed by atoms with E-state index in [1.165, 1.54) is 22.7 Å². The van der Waals surface area contributed by atoms with Crippen LogP contribution in [0.2, 0.25) is 5.02 Å². The Morgan fingerprint density at radius 2 is 1.85 bits per heavy atom. The van der Waals surface area contributed by atoms with Crippen LogP contribution in [-0.2, 0) is 15.0 Å². The van der Waals surface area contributed by atoms with Crippen molar-refractivity contribution in [2.45, 2.75) is 12.8 Å². The van der Waals surface area contributed by atoms with E-state index in [2.05, 4.69) is 4.90 Å². The van der Waals surface area contributed by atoms with Gasteiger partial charge in [-0.3, -0.25) is 4.79 Å². The van der Waals surface area contributed by atoms with Crippen LogP contribution in [0, 0.1) is 5.92 Å². The Bertz CT molecular complexity index is 779. The molecule has 0 saturated carbocycles. The van der Waals surface area contributed by atoms with Crippen LogP contribution in [0.1, 0.15) is 12.8 Å². The molecule has 0 spiro atoms. The van der Waals surface area contributed by atoms with E-state index in [0.717, 1.165) is 25.2 Å². The lowest BCUT2D eigenvalue weighted by Crippen LogP contribution is -2.54. The van der Waals surface area contributed by atoms with Crippen molar-refractivity contribution in [1.29, 1.82) is 0 Å². The molecule has 0 unspecified atom stereocenters. The minimum absolute atomic E-state index is 0.0689. The first kappa shape index (κ1) is 20.4. The fraction of sp³-hybridized carbons (Fsp3) is 0.611. The second-order valence-corrected chi connectivity index (χ2v) is 9.86. The molecule has 1 aromatic rings. The molecule has 0 aliphatic carbocycles. The molecular weight excluding hydrogens is 388 g/mol. The monoisotopic (exact) mass is 414 g/mol. The highest BCUT2D eigenvalue weighted by Crippen LogP contribution is 2.24. The van der Waals surface area contributed by atoms with Crippen LogP contribution < -0.4 is 4.90 Å². The lowest BCUT2D eigenvalue weighted by molar-refractivity contribution is -0.137. The molecule has 9 heteroatoms. The van der Waals surface area contributed by atoms with Crippen molar-refractivity contribution < 1.29 is 13.2 Å². The first-order chi connectivity index (χ1) is 12.8. The van der Waals surface area contributed by atoms with E-state index in [4.69, 9.17) is 11.6 Å². The topological polar surface area (TPSA) is 64.2 Å². The molecule has 0 radical (unpaired) electrons. The summed E-state index contributed by atoms with van der Waals surface area (Å²) in [6.07, 6.45) is 1.46. The quantitative estimate of drug-likeness (QED) is 0.749. The Hall–Kier alpha value is -1.35. The zero-order valence-electron chi connectivity index (χ0n) is 15.8. The number of amides is 1. The van der Waals surface area contributed by atoms with E-state index < -0.39 is 10.2 Å². The molecule has 3 rings (SSSR count). The third-order valence-electron chi connectivity index (χ3n) is 5.29. The van der Waals surface area contributed by atoms with E-state index in [1.807, 2.05) is 29.2 Å². The number of anilines is 1. The largest absolute Gasteiger partial charge is 0.368 e. The maximum Gasteiger partial charge on any atom is 0.281 e. The molecule has 0 N–H and O–H groups in total. The molecule has 1 aromatic carbocycles. The summed E-state index contributed by atoms with van der Waals surface area (Å²) < 4.78 is 27.4. The predicted molar refractivity (Wildman–Crippen MR) is 107 cm³/mol. The van der Waals surface area contributed by atoms with Crippen LogP contribution in [0.15, 0.2) is 24.3 Å². The molecule has 2 aliphatic rings. The zero-order valence-corrected chi connectivity index (χ0v) is 17.4. The minimum Gasteiger partial charge on any atom is -0.368 e. The molecule has 2 saturated heterocycles. The van der Waals surface area contributed by atoms with Gasteiger partial charge in [0.05, 0.1) is 5.92 Å². The van der Waals surface area contributed by atoms with Crippen molar-refractivity contribution in [3.63, 3.8) is 0 Å². The summed E-state index contributed by atoms with van der Waals surface area (Å²) >= 11 is 6.07. The summed E-state index contributed by atoms with van der Waals surface area (Å²) in [7, 11) is -0.424. The van der Waals surface area contributed by atoms with Crippen LogP contribution in [0.25, 0.3) is 0 Å². The van der Waals surface area contributed by atoms with Gasteiger partial charge in [0.2, 0.25) is 5.91 Å². The van der Waals surface area contributed by atoms with Gasteiger partial charge < -0.3 is 9.80 Å². The van der Waals surface area contributed by atoms with E-state index in [9.17, 15) is 13.2 Å². The van der Waals surface area contributed by atoms with Crippen LogP contribution in [0.3, 0.4) is 0 Å². The number of hydrogen-bond acceptors (Lipinski definition) is 4. The SMILES string of the molecule is CN(C)S(=O)(=O)N1CCC[C@@H](C(=O)N2CCN(c3cccc(Cl)c3)CC2)C1. The van der Waals surface area contributed by atoms with Gasteiger partial charge in [-0.2, -0.15) is 17.0 Å². The molecule has 1 amide bonds. The van der Waals surface area contributed by atoms with Crippen LogP contribution in [0.5, 0.6) is 0 Å². The highest BCUT2D eigenvalue weighted by atomic mass is 35.5. The van der Waals surface area contributed by atoms with Gasteiger partial charge in [0.25, 0.3) is 10.2 Å². The molecule has 2 aliphatic heterocycles. The Morgan fingerprint density at radius 1 is 1.15 bits per heavy atom. The van der Waals surface area contributed by atoms with Crippen molar-refractivity contribution in [3.05, 3.63) is 29.3 Å². The summed E-state index contributed by atoms with van der Waals surface area (Å²) in [4.78, 5) is 17.0. The molecule has 7 nitrogen and oxygen atoms in total. The van der Waals surface area contributed by atoms with Crippen molar-refractivity contribution >= 4 is 33.4 Å². The maximum absolute atomic E-state index is 12.9. The normalized spacial score (nSPS) is 22.3. The van der Waals surface area contributed by atoms with E-state index in [-0.39, 0.29) is 18.4 Å². The second kappa shape index (κ2) is 8.34. The maximum atomic E-state index is 12.9. The summed E-state index contributed by atoms with van der Waals surface area (Å²) in [5, 5.41) is 0.704. The Labute approximate surface area is 166 Å².